The molecule has 0 fully saturated rings. The first-order valence-corrected chi connectivity index (χ1v) is 4.88. The van der Waals surface area contributed by atoms with Crippen molar-refractivity contribution in [2.24, 2.45) is 0 Å². The number of benzene rings is 1. The maximum absolute atomic E-state index is 8.64. The Kier molecular flexibility index (Phi) is 3.53. The van der Waals surface area contributed by atoms with Gasteiger partial charge in [-0.1, -0.05) is 12.1 Å². The van der Waals surface area contributed by atoms with Gasteiger partial charge in [-0.3, -0.25) is 5.41 Å². The molecular weight excluding hydrogens is 180 g/mol. The number of nitrogens with zero attached hydrogens (tertiary/aromatic N) is 1. The van der Waals surface area contributed by atoms with Gasteiger partial charge in [-0.15, -0.1) is 11.8 Å². The van der Waals surface area contributed by atoms with Crippen LogP contribution in [0.15, 0.2) is 24.3 Å². The predicted octanol–water partition coefficient (Wildman–Crippen LogP) is 2.79. The van der Waals surface area contributed by atoms with Crippen molar-refractivity contribution in [3.63, 3.8) is 0 Å². The highest BCUT2D eigenvalue weighted by Gasteiger charge is 1.96. The zero-order chi connectivity index (χ0) is 9.68. The average molecular weight is 190 g/mol. The minimum Gasteiger partial charge on any atom is -0.299 e. The molecule has 2 nitrogen and oxygen atoms in total. The monoisotopic (exact) mass is 190 g/mol. The summed E-state index contributed by atoms with van der Waals surface area (Å²) >= 11 is 1.48. The molecule has 0 aliphatic carbocycles. The molecule has 0 saturated carbocycles. The van der Waals surface area contributed by atoms with Gasteiger partial charge in [-0.25, -0.2) is 0 Å². The van der Waals surface area contributed by atoms with Crippen LogP contribution in [0.5, 0.6) is 0 Å². The van der Waals surface area contributed by atoms with Crippen molar-refractivity contribution in [2.75, 3.05) is 0 Å². The summed E-state index contributed by atoms with van der Waals surface area (Å²) in [6, 6.07) is 9.57. The zero-order valence-corrected chi connectivity index (χ0v) is 8.19. The highest BCUT2D eigenvalue weighted by molar-refractivity contribution is 8.13. The molecule has 0 unspecified atom stereocenters. The molecule has 66 valence electrons. The summed E-state index contributed by atoms with van der Waals surface area (Å²) in [6.45, 7) is 1.76. The number of rotatable bonds is 2. The predicted molar refractivity (Wildman–Crippen MR) is 55.9 cm³/mol. The van der Waals surface area contributed by atoms with Gasteiger partial charge in [0.25, 0.3) is 0 Å². The van der Waals surface area contributed by atoms with Gasteiger partial charge >= 0.3 is 0 Å². The van der Waals surface area contributed by atoms with E-state index in [1.807, 2.05) is 18.2 Å². The Labute approximate surface area is 82.1 Å². The third-order valence-corrected chi connectivity index (χ3v) is 2.42. The van der Waals surface area contributed by atoms with Gasteiger partial charge in [0.1, 0.15) is 0 Å². The molecule has 1 rings (SSSR count). The smallest absolute Gasteiger partial charge is 0.0991 e. The van der Waals surface area contributed by atoms with Gasteiger partial charge in [0, 0.05) is 5.75 Å². The number of hydrogen-bond donors (Lipinski definition) is 1. The Bertz CT molecular complexity index is 352. The van der Waals surface area contributed by atoms with Crippen LogP contribution in [-0.2, 0) is 5.75 Å². The van der Waals surface area contributed by atoms with E-state index < -0.39 is 0 Å². The van der Waals surface area contributed by atoms with Gasteiger partial charge in [0.2, 0.25) is 0 Å². The normalized spacial score (nSPS) is 9.23. The van der Waals surface area contributed by atoms with E-state index in [0.717, 1.165) is 11.3 Å². The van der Waals surface area contributed by atoms with Crippen molar-refractivity contribution in [3.8, 4) is 6.07 Å². The largest absolute Gasteiger partial charge is 0.299 e. The summed E-state index contributed by atoms with van der Waals surface area (Å²) in [5.74, 6) is 0.769. The fourth-order valence-corrected chi connectivity index (χ4v) is 1.48. The maximum atomic E-state index is 8.64. The highest BCUT2D eigenvalue weighted by atomic mass is 32.2. The lowest BCUT2D eigenvalue weighted by Crippen LogP contribution is -1.85. The van der Waals surface area contributed by atoms with E-state index in [9.17, 15) is 0 Å². The van der Waals surface area contributed by atoms with Crippen molar-refractivity contribution < 1.29 is 0 Å². The van der Waals surface area contributed by atoms with Crippen molar-refractivity contribution in [2.45, 2.75) is 12.7 Å². The van der Waals surface area contributed by atoms with E-state index in [1.54, 1.807) is 13.0 Å². The second-order valence-corrected chi connectivity index (χ2v) is 3.85. The second kappa shape index (κ2) is 4.68. The van der Waals surface area contributed by atoms with E-state index in [1.165, 1.54) is 11.8 Å². The Morgan fingerprint density at radius 2 is 2.38 bits per heavy atom. The van der Waals surface area contributed by atoms with Crippen LogP contribution in [0.4, 0.5) is 0 Å². The Morgan fingerprint density at radius 1 is 1.62 bits per heavy atom. The Balaban J connectivity index is 2.68. The van der Waals surface area contributed by atoms with E-state index in [4.69, 9.17) is 10.7 Å². The molecule has 0 saturated heterocycles. The standard InChI is InChI=1S/C10H10N2S/c1-8(12)13-7-10-4-2-3-9(5-10)6-11/h2-5,12H,7H2,1H3. The molecule has 0 aliphatic rings. The van der Waals surface area contributed by atoms with Crippen LogP contribution < -0.4 is 0 Å². The fraction of sp³-hybridized carbons (Fsp3) is 0.200. The van der Waals surface area contributed by atoms with Crippen LogP contribution in [0.2, 0.25) is 0 Å². The lowest BCUT2D eigenvalue weighted by atomic mass is 10.2. The summed E-state index contributed by atoms with van der Waals surface area (Å²) in [4.78, 5) is 0. The first kappa shape index (κ1) is 9.82. The molecule has 13 heavy (non-hydrogen) atoms. The molecule has 1 aromatic carbocycles. The topological polar surface area (TPSA) is 47.6 Å². The van der Waals surface area contributed by atoms with Gasteiger partial charge in [0.15, 0.2) is 0 Å². The van der Waals surface area contributed by atoms with E-state index in [-0.39, 0.29) is 0 Å². The van der Waals surface area contributed by atoms with Crippen LogP contribution in [0.25, 0.3) is 0 Å². The zero-order valence-electron chi connectivity index (χ0n) is 7.37. The number of thioether (sulfide) groups is 1. The second-order valence-electron chi connectivity index (χ2n) is 2.66. The minimum atomic E-state index is 0.599. The van der Waals surface area contributed by atoms with Crippen molar-refractivity contribution in [3.05, 3.63) is 35.4 Å². The summed E-state index contributed by atoms with van der Waals surface area (Å²) in [5.41, 5.74) is 1.77. The molecule has 3 heteroatoms. The fourth-order valence-electron chi connectivity index (χ4n) is 0.922. The molecular formula is C10H10N2S. The SMILES string of the molecule is CC(=N)SCc1cccc(C#N)c1. The van der Waals surface area contributed by atoms with Crippen LogP contribution in [0, 0.1) is 16.7 Å². The molecule has 0 spiro atoms. The molecule has 1 aromatic rings. The molecule has 0 radical (unpaired) electrons. The summed E-state index contributed by atoms with van der Waals surface area (Å²) < 4.78 is 0. The lowest BCUT2D eigenvalue weighted by molar-refractivity contribution is 1.39. The van der Waals surface area contributed by atoms with Crippen LogP contribution in [-0.4, -0.2) is 5.04 Å². The van der Waals surface area contributed by atoms with Gasteiger partial charge < -0.3 is 0 Å². The molecule has 1 N–H and O–H groups in total. The van der Waals surface area contributed by atoms with E-state index >= 15 is 0 Å². The van der Waals surface area contributed by atoms with Crippen molar-refractivity contribution >= 4 is 16.8 Å². The lowest BCUT2D eigenvalue weighted by Gasteiger charge is -1.99. The summed E-state index contributed by atoms with van der Waals surface area (Å²) in [6.07, 6.45) is 0. The number of hydrogen-bond acceptors (Lipinski definition) is 3. The quantitative estimate of drug-likeness (QED) is 0.575. The maximum Gasteiger partial charge on any atom is 0.0991 e. The Hall–Kier alpha value is -1.27. The minimum absolute atomic E-state index is 0.599. The molecule has 0 bridgehead atoms. The van der Waals surface area contributed by atoms with Gasteiger partial charge in [0.05, 0.1) is 16.7 Å². The number of nitriles is 1. The van der Waals surface area contributed by atoms with E-state index in [0.29, 0.717) is 10.6 Å². The third kappa shape index (κ3) is 3.30. The van der Waals surface area contributed by atoms with Crippen LogP contribution >= 0.6 is 11.8 Å². The average Bonchev–Trinajstić information content (AvgIpc) is 2.15. The third-order valence-electron chi connectivity index (χ3n) is 1.51. The Morgan fingerprint density at radius 3 is 3.00 bits per heavy atom. The highest BCUT2D eigenvalue weighted by Crippen LogP contribution is 2.13. The summed E-state index contributed by atoms with van der Waals surface area (Å²) in [5, 5.41) is 16.5. The molecule has 0 aromatic heterocycles. The van der Waals surface area contributed by atoms with Crippen molar-refractivity contribution in [1.29, 1.82) is 10.7 Å². The molecule has 0 heterocycles. The molecule has 0 atom stereocenters. The van der Waals surface area contributed by atoms with E-state index in [2.05, 4.69) is 6.07 Å². The van der Waals surface area contributed by atoms with Crippen LogP contribution in [0.1, 0.15) is 18.1 Å². The number of nitrogens with one attached hydrogen (secondary N) is 1. The first-order valence-electron chi connectivity index (χ1n) is 3.89. The summed E-state index contributed by atoms with van der Waals surface area (Å²) in [7, 11) is 0. The van der Waals surface area contributed by atoms with Crippen molar-refractivity contribution in [1.82, 2.24) is 0 Å². The molecule has 0 aliphatic heterocycles. The van der Waals surface area contributed by atoms with Gasteiger partial charge in [-0.2, -0.15) is 5.26 Å². The molecule has 0 amide bonds. The first-order chi connectivity index (χ1) is 6.22. The van der Waals surface area contributed by atoms with Crippen LogP contribution in [0.3, 0.4) is 0 Å². The van der Waals surface area contributed by atoms with Gasteiger partial charge in [-0.05, 0) is 24.6 Å².